The number of aryl methyl sites for hydroxylation is 1. The molecule has 2 aromatic rings. The van der Waals surface area contributed by atoms with E-state index < -0.39 is 0 Å². The molecule has 2 N–H and O–H groups in total. The van der Waals surface area contributed by atoms with Crippen LogP contribution in [0.2, 0.25) is 0 Å². The number of furan rings is 1. The molecule has 0 atom stereocenters. The quantitative estimate of drug-likeness (QED) is 0.837. The van der Waals surface area contributed by atoms with Crippen molar-refractivity contribution < 1.29 is 4.42 Å². The molecule has 0 aliphatic heterocycles. The minimum absolute atomic E-state index is 0.717. The first-order chi connectivity index (χ1) is 6.90. The van der Waals surface area contributed by atoms with Crippen LogP contribution in [0.3, 0.4) is 0 Å². The van der Waals surface area contributed by atoms with Crippen LogP contribution in [0.15, 0.2) is 33.4 Å². The molecule has 0 bridgehead atoms. The van der Waals surface area contributed by atoms with Gasteiger partial charge in [-0.2, -0.15) is 11.3 Å². The molecule has 3 heteroatoms. The molecule has 0 aliphatic carbocycles. The van der Waals surface area contributed by atoms with Crippen LogP contribution in [-0.2, 0) is 6.42 Å². The Hall–Kier alpha value is -1.06. The van der Waals surface area contributed by atoms with Gasteiger partial charge in [0, 0.05) is 17.4 Å². The van der Waals surface area contributed by atoms with E-state index in [0.29, 0.717) is 6.54 Å². The van der Waals surface area contributed by atoms with Crippen LogP contribution in [0.4, 0.5) is 0 Å². The van der Waals surface area contributed by atoms with Gasteiger partial charge in [0.25, 0.3) is 0 Å². The first-order valence-corrected chi connectivity index (χ1v) is 5.66. The summed E-state index contributed by atoms with van der Waals surface area (Å²) >= 11 is 1.68. The SMILES string of the molecule is NCCCc1ccc(-c2ccsc2)o1. The number of hydrogen-bond donors (Lipinski definition) is 1. The number of thiophene rings is 1. The molecule has 2 aromatic heterocycles. The second-order valence-corrected chi connectivity index (χ2v) is 3.95. The summed E-state index contributed by atoms with van der Waals surface area (Å²) in [4.78, 5) is 0. The fourth-order valence-corrected chi connectivity index (χ4v) is 1.99. The Kier molecular flexibility index (Phi) is 3.01. The standard InChI is InChI=1S/C11H13NOS/c12-6-1-2-10-3-4-11(13-10)9-5-7-14-8-9/h3-5,7-8H,1-2,6,12H2. The van der Waals surface area contributed by atoms with Gasteiger partial charge in [0.15, 0.2) is 0 Å². The lowest BCUT2D eigenvalue weighted by Gasteiger charge is -1.93. The third-order valence-corrected chi connectivity index (χ3v) is 2.78. The maximum Gasteiger partial charge on any atom is 0.135 e. The Balaban J connectivity index is 2.10. The Bertz CT molecular complexity index is 378. The lowest BCUT2D eigenvalue weighted by molar-refractivity contribution is 0.515. The molecule has 0 aromatic carbocycles. The molecule has 0 amide bonds. The minimum Gasteiger partial charge on any atom is -0.461 e. The molecule has 2 nitrogen and oxygen atoms in total. The molecular formula is C11H13NOS. The van der Waals surface area contributed by atoms with Crippen LogP contribution in [0.5, 0.6) is 0 Å². The lowest BCUT2D eigenvalue weighted by atomic mass is 10.2. The van der Waals surface area contributed by atoms with E-state index in [1.165, 1.54) is 0 Å². The predicted octanol–water partition coefficient (Wildman–Crippen LogP) is 2.90. The highest BCUT2D eigenvalue weighted by molar-refractivity contribution is 7.08. The summed E-state index contributed by atoms with van der Waals surface area (Å²) < 4.78 is 5.68. The Morgan fingerprint density at radius 2 is 2.21 bits per heavy atom. The van der Waals surface area contributed by atoms with Crippen molar-refractivity contribution in [3.05, 3.63) is 34.7 Å². The third kappa shape index (κ3) is 2.05. The normalized spacial score (nSPS) is 10.6. The molecule has 0 saturated heterocycles. The van der Waals surface area contributed by atoms with Gasteiger partial charge in [0.2, 0.25) is 0 Å². The van der Waals surface area contributed by atoms with Crippen LogP contribution < -0.4 is 5.73 Å². The maximum absolute atomic E-state index is 5.68. The van der Waals surface area contributed by atoms with E-state index in [-0.39, 0.29) is 0 Å². The molecule has 0 fully saturated rings. The van der Waals surface area contributed by atoms with E-state index in [4.69, 9.17) is 10.2 Å². The van der Waals surface area contributed by atoms with Crippen molar-refractivity contribution in [1.82, 2.24) is 0 Å². The molecule has 0 radical (unpaired) electrons. The molecule has 14 heavy (non-hydrogen) atoms. The number of rotatable bonds is 4. The van der Waals surface area contributed by atoms with Crippen molar-refractivity contribution in [1.29, 1.82) is 0 Å². The topological polar surface area (TPSA) is 39.2 Å². The highest BCUT2D eigenvalue weighted by Gasteiger charge is 2.04. The van der Waals surface area contributed by atoms with Crippen LogP contribution >= 0.6 is 11.3 Å². The largest absolute Gasteiger partial charge is 0.461 e. The molecule has 2 heterocycles. The second-order valence-electron chi connectivity index (χ2n) is 3.17. The van der Waals surface area contributed by atoms with Crippen LogP contribution in [0.25, 0.3) is 11.3 Å². The van der Waals surface area contributed by atoms with Gasteiger partial charge in [-0.1, -0.05) is 0 Å². The first-order valence-electron chi connectivity index (χ1n) is 4.71. The zero-order valence-electron chi connectivity index (χ0n) is 7.90. The van der Waals surface area contributed by atoms with Crippen LogP contribution in [-0.4, -0.2) is 6.54 Å². The molecule has 74 valence electrons. The van der Waals surface area contributed by atoms with E-state index in [0.717, 1.165) is 29.9 Å². The Morgan fingerprint density at radius 3 is 2.93 bits per heavy atom. The maximum atomic E-state index is 5.68. The van der Waals surface area contributed by atoms with E-state index in [1.807, 2.05) is 12.1 Å². The molecule has 0 spiro atoms. The van der Waals surface area contributed by atoms with E-state index in [2.05, 4.69) is 16.8 Å². The van der Waals surface area contributed by atoms with E-state index in [9.17, 15) is 0 Å². The molecule has 0 unspecified atom stereocenters. The monoisotopic (exact) mass is 207 g/mol. The van der Waals surface area contributed by atoms with E-state index >= 15 is 0 Å². The molecular weight excluding hydrogens is 194 g/mol. The van der Waals surface area contributed by atoms with E-state index in [1.54, 1.807) is 11.3 Å². The Morgan fingerprint density at radius 1 is 1.29 bits per heavy atom. The molecule has 0 saturated carbocycles. The smallest absolute Gasteiger partial charge is 0.135 e. The molecule has 0 aliphatic rings. The average Bonchev–Trinajstić information content (AvgIpc) is 2.85. The Labute approximate surface area is 87.4 Å². The van der Waals surface area contributed by atoms with Gasteiger partial charge in [0.05, 0.1) is 0 Å². The average molecular weight is 207 g/mol. The van der Waals surface area contributed by atoms with Gasteiger partial charge in [-0.3, -0.25) is 0 Å². The van der Waals surface area contributed by atoms with Crippen molar-refractivity contribution in [2.45, 2.75) is 12.8 Å². The lowest BCUT2D eigenvalue weighted by Crippen LogP contribution is -1.99. The van der Waals surface area contributed by atoms with Gasteiger partial charge in [-0.05, 0) is 36.5 Å². The van der Waals surface area contributed by atoms with Crippen LogP contribution in [0, 0.1) is 0 Å². The van der Waals surface area contributed by atoms with Crippen LogP contribution in [0.1, 0.15) is 12.2 Å². The van der Waals surface area contributed by atoms with Crippen molar-refractivity contribution in [3.8, 4) is 11.3 Å². The zero-order chi connectivity index (χ0) is 9.80. The second kappa shape index (κ2) is 4.44. The highest BCUT2D eigenvalue weighted by atomic mass is 32.1. The third-order valence-electron chi connectivity index (χ3n) is 2.09. The summed E-state index contributed by atoms with van der Waals surface area (Å²) in [6.45, 7) is 0.717. The van der Waals surface area contributed by atoms with Gasteiger partial charge < -0.3 is 10.2 Å². The zero-order valence-corrected chi connectivity index (χ0v) is 8.72. The van der Waals surface area contributed by atoms with Gasteiger partial charge in [-0.25, -0.2) is 0 Å². The number of hydrogen-bond acceptors (Lipinski definition) is 3. The highest BCUT2D eigenvalue weighted by Crippen LogP contribution is 2.24. The van der Waals surface area contributed by atoms with Crippen molar-refractivity contribution in [3.63, 3.8) is 0 Å². The minimum atomic E-state index is 0.717. The summed E-state index contributed by atoms with van der Waals surface area (Å²) in [6.07, 6.45) is 1.91. The van der Waals surface area contributed by atoms with Crippen molar-refractivity contribution in [2.24, 2.45) is 5.73 Å². The number of nitrogens with two attached hydrogens (primary N) is 1. The predicted molar refractivity (Wildman–Crippen MR) is 59.4 cm³/mol. The summed E-state index contributed by atoms with van der Waals surface area (Å²) in [5, 5.41) is 4.14. The summed E-state index contributed by atoms with van der Waals surface area (Å²) in [5.74, 6) is 1.98. The fraction of sp³-hybridized carbons (Fsp3) is 0.273. The van der Waals surface area contributed by atoms with Crippen molar-refractivity contribution >= 4 is 11.3 Å². The summed E-state index contributed by atoms with van der Waals surface area (Å²) in [6, 6.07) is 6.12. The fourth-order valence-electron chi connectivity index (χ4n) is 1.35. The molecule has 2 rings (SSSR count). The van der Waals surface area contributed by atoms with Gasteiger partial charge in [0.1, 0.15) is 11.5 Å². The van der Waals surface area contributed by atoms with Gasteiger partial charge in [-0.15, -0.1) is 0 Å². The summed E-state index contributed by atoms with van der Waals surface area (Å²) in [5.41, 5.74) is 6.60. The summed E-state index contributed by atoms with van der Waals surface area (Å²) in [7, 11) is 0. The van der Waals surface area contributed by atoms with Gasteiger partial charge >= 0.3 is 0 Å². The van der Waals surface area contributed by atoms with Crippen molar-refractivity contribution in [2.75, 3.05) is 6.54 Å². The first kappa shape index (κ1) is 9.49.